The van der Waals surface area contributed by atoms with Gasteiger partial charge in [0.2, 0.25) is 0 Å². The molecule has 1 saturated heterocycles. The summed E-state index contributed by atoms with van der Waals surface area (Å²) in [5.41, 5.74) is 7.50. The Labute approximate surface area is 228 Å². The van der Waals surface area contributed by atoms with Crippen molar-refractivity contribution in [2.24, 2.45) is 7.05 Å². The van der Waals surface area contributed by atoms with E-state index in [1.807, 2.05) is 49.8 Å². The Bertz CT molecular complexity index is 1510. The first kappa shape index (κ1) is 24.9. The van der Waals surface area contributed by atoms with E-state index in [9.17, 15) is 4.79 Å². The van der Waals surface area contributed by atoms with Crippen LogP contribution in [0, 0.1) is 0 Å². The van der Waals surface area contributed by atoms with Crippen LogP contribution in [0.1, 0.15) is 46.7 Å². The van der Waals surface area contributed by atoms with Crippen molar-refractivity contribution in [1.29, 1.82) is 0 Å². The third-order valence-electron chi connectivity index (χ3n) is 7.47. The SMILES string of the molecule is COc1c(Nc2cc(Cc3ccc(N4CCCCC4)cn3)nc3c2C(=O)N(C)C3)cccc1-c1ccn(C)n1. The van der Waals surface area contributed by atoms with Gasteiger partial charge in [-0.3, -0.25) is 19.4 Å². The predicted molar refractivity (Wildman–Crippen MR) is 152 cm³/mol. The monoisotopic (exact) mass is 523 g/mol. The highest BCUT2D eigenvalue weighted by Gasteiger charge is 2.30. The Hall–Kier alpha value is -4.40. The third-order valence-corrected chi connectivity index (χ3v) is 7.47. The minimum atomic E-state index is -0.0459. The molecular formula is C30H33N7O2. The van der Waals surface area contributed by atoms with Gasteiger partial charge in [0.1, 0.15) is 0 Å². The van der Waals surface area contributed by atoms with Gasteiger partial charge in [-0.05, 0) is 55.7 Å². The number of benzene rings is 1. The number of pyridine rings is 2. The van der Waals surface area contributed by atoms with Crippen molar-refractivity contribution < 1.29 is 9.53 Å². The molecule has 2 aliphatic rings. The minimum absolute atomic E-state index is 0.0459. The van der Waals surface area contributed by atoms with Gasteiger partial charge in [0.05, 0.1) is 53.9 Å². The van der Waals surface area contributed by atoms with Crippen LogP contribution in [-0.4, -0.2) is 57.8 Å². The summed E-state index contributed by atoms with van der Waals surface area (Å²) < 4.78 is 7.59. The number of fused-ring (bicyclic) bond motifs is 1. The predicted octanol–water partition coefficient (Wildman–Crippen LogP) is 4.80. The Kier molecular flexibility index (Phi) is 6.64. The molecule has 4 aromatic rings. The molecule has 0 atom stereocenters. The number of amides is 1. The molecule has 1 aromatic carbocycles. The standard InChI is InChI=1S/C30H33N7O2/c1-35-19-27-28(30(35)38)26(33-25-9-7-8-23(29(25)39-3)24-12-15-36(2)34-24)17-21(32-27)16-20-10-11-22(18-31-20)37-13-5-4-6-14-37/h7-12,15,17-18H,4-6,13-14,16,19H2,1-3H3,(H,32,33). The summed E-state index contributed by atoms with van der Waals surface area (Å²) >= 11 is 0. The molecule has 9 nitrogen and oxygen atoms in total. The number of nitrogens with one attached hydrogen (secondary N) is 1. The van der Waals surface area contributed by atoms with Crippen LogP contribution in [0.15, 0.2) is 54.9 Å². The highest BCUT2D eigenvalue weighted by atomic mass is 16.5. The Morgan fingerprint density at radius 1 is 1.00 bits per heavy atom. The summed E-state index contributed by atoms with van der Waals surface area (Å²) in [5, 5.41) is 8.04. The van der Waals surface area contributed by atoms with E-state index in [0.717, 1.165) is 47.1 Å². The lowest BCUT2D eigenvalue weighted by atomic mass is 10.1. The van der Waals surface area contributed by atoms with Crippen LogP contribution in [0.2, 0.25) is 0 Å². The van der Waals surface area contributed by atoms with E-state index in [2.05, 4.69) is 27.4 Å². The number of hydrogen-bond acceptors (Lipinski definition) is 7. The van der Waals surface area contributed by atoms with Gasteiger partial charge < -0.3 is 19.9 Å². The number of para-hydroxylation sites is 1. The lowest BCUT2D eigenvalue weighted by molar-refractivity contribution is 0.0817. The van der Waals surface area contributed by atoms with Crippen LogP contribution >= 0.6 is 0 Å². The second-order valence-electron chi connectivity index (χ2n) is 10.3. The second-order valence-corrected chi connectivity index (χ2v) is 10.3. The van der Waals surface area contributed by atoms with Gasteiger partial charge in [-0.25, -0.2) is 0 Å². The molecule has 1 fully saturated rings. The molecule has 5 heterocycles. The zero-order valence-electron chi connectivity index (χ0n) is 22.6. The van der Waals surface area contributed by atoms with Crippen molar-refractivity contribution in [3.05, 3.63) is 77.5 Å². The second kappa shape index (κ2) is 10.4. The molecule has 0 unspecified atom stereocenters. The number of methoxy groups -OCH3 is 1. The number of aromatic nitrogens is 4. The third kappa shape index (κ3) is 4.92. The number of anilines is 3. The van der Waals surface area contributed by atoms with E-state index in [1.54, 1.807) is 23.7 Å². The summed E-state index contributed by atoms with van der Waals surface area (Å²) in [7, 11) is 5.34. The van der Waals surface area contributed by atoms with Crippen LogP contribution in [0.5, 0.6) is 5.75 Å². The summed E-state index contributed by atoms with van der Waals surface area (Å²) in [6, 6.07) is 14.0. The van der Waals surface area contributed by atoms with E-state index >= 15 is 0 Å². The van der Waals surface area contributed by atoms with E-state index in [0.29, 0.717) is 30.0 Å². The first-order valence-corrected chi connectivity index (χ1v) is 13.4. The maximum Gasteiger partial charge on any atom is 0.257 e. The Balaban J connectivity index is 1.32. The minimum Gasteiger partial charge on any atom is -0.494 e. The van der Waals surface area contributed by atoms with Gasteiger partial charge in [0, 0.05) is 56.8 Å². The molecule has 39 heavy (non-hydrogen) atoms. The number of carbonyl (C=O) groups excluding carboxylic acids is 1. The molecule has 1 amide bonds. The van der Waals surface area contributed by atoms with E-state index in [4.69, 9.17) is 14.7 Å². The van der Waals surface area contributed by atoms with Crippen molar-refractivity contribution in [1.82, 2.24) is 24.6 Å². The normalized spacial score (nSPS) is 15.0. The average molecular weight is 524 g/mol. The first-order chi connectivity index (χ1) is 19.0. The molecule has 6 rings (SSSR count). The number of carbonyl (C=O) groups is 1. The van der Waals surface area contributed by atoms with Crippen LogP contribution < -0.4 is 15.0 Å². The summed E-state index contributed by atoms with van der Waals surface area (Å²) in [6.45, 7) is 2.66. The largest absolute Gasteiger partial charge is 0.494 e. The zero-order chi connectivity index (χ0) is 26.9. The number of hydrogen-bond donors (Lipinski definition) is 1. The van der Waals surface area contributed by atoms with E-state index < -0.39 is 0 Å². The highest BCUT2D eigenvalue weighted by molar-refractivity contribution is 6.03. The van der Waals surface area contributed by atoms with Gasteiger partial charge in [-0.2, -0.15) is 5.10 Å². The van der Waals surface area contributed by atoms with Gasteiger partial charge in [0.15, 0.2) is 5.75 Å². The topological polar surface area (TPSA) is 88.4 Å². The van der Waals surface area contributed by atoms with Crippen molar-refractivity contribution in [3.8, 4) is 17.0 Å². The molecular weight excluding hydrogens is 490 g/mol. The maximum absolute atomic E-state index is 13.1. The van der Waals surface area contributed by atoms with Gasteiger partial charge in [-0.1, -0.05) is 6.07 Å². The number of rotatable bonds is 7. The number of ether oxygens (including phenoxy) is 1. The summed E-state index contributed by atoms with van der Waals surface area (Å²) in [4.78, 5) is 26.8. The van der Waals surface area contributed by atoms with Crippen molar-refractivity contribution >= 4 is 23.0 Å². The van der Waals surface area contributed by atoms with Crippen molar-refractivity contribution in [2.45, 2.75) is 32.2 Å². The number of piperidine rings is 1. The van der Waals surface area contributed by atoms with E-state index in [-0.39, 0.29) is 5.91 Å². The van der Waals surface area contributed by atoms with E-state index in [1.165, 1.54) is 24.9 Å². The Morgan fingerprint density at radius 3 is 2.56 bits per heavy atom. The Morgan fingerprint density at radius 2 is 1.85 bits per heavy atom. The fraction of sp³-hybridized carbons (Fsp3) is 0.333. The number of aryl methyl sites for hydroxylation is 1. The zero-order valence-corrected chi connectivity index (χ0v) is 22.6. The van der Waals surface area contributed by atoms with Gasteiger partial charge in [0.25, 0.3) is 5.91 Å². The molecule has 0 radical (unpaired) electrons. The summed E-state index contributed by atoms with van der Waals surface area (Å²) in [6.07, 6.45) is 8.22. The maximum atomic E-state index is 13.1. The lowest BCUT2D eigenvalue weighted by Gasteiger charge is -2.28. The first-order valence-electron chi connectivity index (χ1n) is 13.4. The average Bonchev–Trinajstić information content (AvgIpc) is 3.51. The van der Waals surface area contributed by atoms with Gasteiger partial charge >= 0.3 is 0 Å². The van der Waals surface area contributed by atoms with Crippen molar-refractivity contribution in [2.75, 3.05) is 37.5 Å². The summed E-state index contributed by atoms with van der Waals surface area (Å²) in [5.74, 6) is 0.618. The smallest absolute Gasteiger partial charge is 0.257 e. The van der Waals surface area contributed by atoms with Crippen LogP contribution in [0.4, 0.5) is 17.1 Å². The fourth-order valence-corrected chi connectivity index (χ4v) is 5.49. The van der Waals surface area contributed by atoms with Crippen molar-refractivity contribution in [3.63, 3.8) is 0 Å². The fourth-order valence-electron chi connectivity index (χ4n) is 5.49. The molecule has 0 saturated carbocycles. The van der Waals surface area contributed by atoms with Crippen LogP contribution in [-0.2, 0) is 20.0 Å². The van der Waals surface area contributed by atoms with Gasteiger partial charge in [-0.15, -0.1) is 0 Å². The quantitative estimate of drug-likeness (QED) is 0.372. The number of nitrogens with zero attached hydrogens (tertiary/aromatic N) is 6. The molecule has 200 valence electrons. The molecule has 2 aliphatic heterocycles. The lowest BCUT2D eigenvalue weighted by Crippen LogP contribution is -2.29. The molecule has 3 aromatic heterocycles. The molecule has 0 spiro atoms. The van der Waals surface area contributed by atoms with Crippen LogP contribution in [0.25, 0.3) is 11.3 Å². The van der Waals surface area contributed by atoms with Crippen LogP contribution in [0.3, 0.4) is 0 Å². The molecule has 0 aliphatic carbocycles. The molecule has 9 heteroatoms. The molecule has 1 N–H and O–H groups in total. The molecule has 0 bridgehead atoms. The highest BCUT2D eigenvalue weighted by Crippen LogP contribution is 2.39.